The fraction of sp³-hybridized carbons (Fsp3) is 0.417. The van der Waals surface area contributed by atoms with Crippen LogP contribution in [0.1, 0.15) is 6.23 Å². The molecule has 2 amide bonds. The van der Waals surface area contributed by atoms with Crippen molar-refractivity contribution in [1.29, 1.82) is 0 Å². The summed E-state index contributed by atoms with van der Waals surface area (Å²) in [5.41, 5.74) is 4.16. The lowest BCUT2D eigenvalue weighted by Gasteiger charge is -2.35. The molecule has 1 fully saturated rings. The quantitative estimate of drug-likeness (QED) is 0.161. The molecule has 0 saturated carbocycles. The topological polar surface area (TPSA) is 254 Å². The van der Waals surface area contributed by atoms with Gasteiger partial charge in [0.05, 0.1) is 6.61 Å². The van der Waals surface area contributed by atoms with Gasteiger partial charge in [0.2, 0.25) is 19.0 Å². The Hall–Kier alpha value is -4.26. The second kappa shape index (κ2) is 11.3. The molecule has 1 aromatic heterocycles. The van der Waals surface area contributed by atoms with Crippen LogP contribution in [0.5, 0.6) is 11.5 Å². The number of carbonyl (C=O) groups excluding carboxylic acids is 2. The van der Waals surface area contributed by atoms with Gasteiger partial charge in [-0.15, -0.1) is 0 Å². The van der Waals surface area contributed by atoms with E-state index in [0.29, 0.717) is 17.2 Å². The molecule has 17 heteroatoms. The molecule has 0 spiro atoms. The van der Waals surface area contributed by atoms with Gasteiger partial charge in [0.15, 0.2) is 29.6 Å². The molecule has 3 aliphatic heterocycles. The third-order valence-electron chi connectivity index (χ3n) is 6.69. The van der Waals surface area contributed by atoms with E-state index in [4.69, 9.17) is 29.4 Å². The smallest absolute Gasteiger partial charge is 0.330 e. The minimum absolute atomic E-state index is 0.0202. The van der Waals surface area contributed by atoms with Crippen LogP contribution in [0.15, 0.2) is 51.9 Å². The van der Waals surface area contributed by atoms with Crippen molar-refractivity contribution in [3.8, 4) is 11.5 Å². The highest BCUT2D eigenvalue weighted by Gasteiger charge is 2.51. The first-order valence-corrected chi connectivity index (χ1v) is 12.2. The van der Waals surface area contributed by atoms with Crippen molar-refractivity contribution in [2.24, 2.45) is 11.7 Å². The molecule has 17 nitrogen and oxygen atoms in total. The number of aliphatic hydroxyl groups is 4. The molecule has 4 heterocycles. The van der Waals surface area contributed by atoms with Gasteiger partial charge in [-0.05, 0) is 18.2 Å². The number of aromatic amines is 1. The highest BCUT2D eigenvalue weighted by atomic mass is 16.7. The summed E-state index contributed by atoms with van der Waals surface area (Å²) in [6.07, 6.45) is -9.74. The number of aliphatic hydroxyl groups excluding tert-OH is 4. The van der Waals surface area contributed by atoms with E-state index in [-0.39, 0.29) is 6.79 Å². The second-order valence-electron chi connectivity index (χ2n) is 9.33. The Morgan fingerprint density at radius 2 is 1.90 bits per heavy atom. The van der Waals surface area contributed by atoms with Crippen LogP contribution >= 0.6 is 0 Å². The van der Waals surface area contributed by atoms with Crippen LogP contribution in [0, 0.1) is 5.92 Å². The summed E-state index contributed by atoms with van der Waals surface area (Å²) < 4.78 is 28.0. The molecule has 41 heavy (non-hydrogen) atoms. The Bertz CT molecular complexity index is 1470. The lowest BCUT2D eigenvalue weighted by atomic mass is 9.94. The molecule has 1 saturated heterocycles. The first-order valence-electron chi connectivity index (χ1n) is 12.2. The zero-order chi connectivity index (χ0) is 29.4. The number of amides is 2. The van der Waals surface area contributed by atoms with E-state index in [1.165, 1.54) is 12.1 Å². The summed E-state index contributed by atoms with van der Waals surface area (Å²) in [6.45, 7) is -0.736. The largest absolute Gasteiger partial charge is 0.456 e. The number of hydrogen-bond acceptors (Lipinski definition) is 13. The molecule has 5 rings (SSSR count). The number of nitrogens with zero attached hydrogens (tertiary/aromatic N) is 1. The number of aromatic nitrogens is 2. The van der Waals surface area contributed by atoms with Crippen molar-refractivity contribution in [1.82, 2.24) is 9.55 Å². The van der Waals surface area contributed by atoms with Gasteiger partial charge in [0.1, 0.15) is 24.4 Å². The van der Waals surface area contributed by atoms with Gasteiger partial charge >= 0.3 is 5.69 Å². The van der Waals surface area contributed by atoms with Gasteiger partial charge < -0.3 is 55.2 Å². The number of ether oxygens (including phenoxy) is 5. The summed E-state index contributed by atoms with van der Waals surface area (Å²) in [5, 5.41) is 44.1. The third-order valence-corrected chi connectivity index (χ3v) is 6.69. The SMILES string of the molecule is NC(=O)[C@H](O[C@H]1OC(C(=O)Nc2ccc3c(c2)OCO3)=C[C@H](O)[C@@H]1O)[C@H]1O[C@@H](n2ccc(=O)[nH]c2=O)[C@H](O)[C@@H]1CO. The van der Waals surface area contributed by atoms with Gasteiger partial charge in [-0.2, -0.15) is 0 Å². The molecule has 2 aromatic rings. The molecular formula is C24H26N4O13. The average molecular weight is 578 g/mol. The van der Waals surface area contributed by atoms with Crippen LogP contribution in [0.4, 0.5) is 5.69 Å². The van der Waals surface area contributed by atoms with Crippen molar-refractivity contribution >= 4 is 17.5 Å². The van der Waals surface area contributed by atoms with E-state index in [1.54, 1.807) is 6.07 Å². The van der Waals surface area contributed by atoms with Gasteiger partial charge in [-0.3, -0.25) is 23.9 Å². The predicted molar refractivity (Wildman–Crippen MR) is 132 cm³/mol. The number of anilines is 1. The predicted octanol–water partition coefficient (Wildman–Crippen LogP) is -3.40. The third kappa shape index (κ3) is 5.53. The highest BCUT2D eigenvalue weighted by molar-refractivity contribution is 6.02. The molecule has 8 atom stereocenters. The Morgan fingerprint density at radius 1 is 1.15 bits per heavy atom. The minimum atomic E-state index is -1.85. The van der Waals surface area contributed by atoms with Crippen molar-refractivity contribution < 1.29 is 53.7 Å². The molecule has 8 N–H and O–H groups in total. The Morgan fingerprint density at radius 3 is 2.61 bits per heavy atom. The summed E-state index contributed by atoms with van der Waals surface area (Å²) in [4.78, 5) is 51.0. The lowest BCUT2D eigenvalue weighted by Crippen LogP contribution is -2.52. The number of hydrogen-bond donors (Lipinski definition) is 7. The maximum Gasteiger partial charge on any atom is 0.330 e. The van der Waals surface area contributed by atoms with E-state index >= 15 is 0 Å². The number of rotatable bonds is 8. The summed E-state index contributed by atoms with van der Waals surface area (Å²) in [7, 11) is 0. The van der Waals surface area contributed by atoms with Crippen LogP contribution in [-0.2, 0) is 23.8 Å². The zero-order valence-corrected chi connectivity index (χ0v) is 21.0. The summed E-state index contributed by atoms with van der Waals surface area (Å²) in [6, 6.07) is 5.59. The lowest BCUT2D eigenvalue weighted by molar-refractivity contribution is -0.239. The number of primary amides is 1. The summed E-state index contributed by atoms with van der Waals surface area (Å²) >= 11 is 0. The normalized spacial score (nSPS) is 29.4. The molecule has 1 aromatic carbocycles. The number of benzene rings is 1. The van der Waals surface area contributed by atoms with Crippen LogP contribution in [0.2, 0.25) is 0 Å². The van der Waals surface area contributed by atoms with Crippen molar-refractivity contribution in [2.45, 2.75) is 43.0 Å². The van der Waals surface area contributed by atoms with Crippen molar-refractivity contribution in [2.75, 3.05) is 18.7 Å². The Kier molecular flexibility index (Phi) is 7.80. The van der Waals surface area contributed by atoms with E-state index in [1.807, 2.05) is 4.98 Å². The Labute approximate surface area is 229 Å². The van der Waals surface area contributed by atoms with Crippen molar-refractivity contribution in [3.05, 3.63) is 63.1 Å². The number of H-pyrrole nitrogens is 1. The number of nitrogens with two attached hydrogens (primary N) is 1. The summed E-state index contributed by atoms with van der Waals surface area (Å²) in [5.74, 6) is -2.88. The van der Waals surface area contributed by atoms with Crippen molar-refractivity contribution in [3.63, 3.8) is 0 Å². The number of carbonyl (C=O) groups is 2. The Balaban J connectivity index is 1.33. The molecule has 0 aliphatic carbocycles. The van der Waals surface area contributed by atoms with Gasteiger partial charge in [-0.1, -0.05) is 0 Å². The zero-order valence-electron chi connectivity index (χ0n) is 21.0. The maximum absolute atomic E-state index is 12.9. The molecule has 0 radical (unpaired) electrons. The first-order chi connectivity index (χ1) is 19.6. The fourth-order valence-corrected chi connectivity index (χ4v) is 4.62. The molecular weight excluding hydrogens is 552 g/mol. The van der Waals surface area contributed by atoms with Gasteiger partial charge in [0, 0.05) is 29.9 Å². The van der Waals surface area contributed by atoms with Crippen LogP contribution in [-0.4, -0.2) is 92.0 Å². The van der Waals surface area contributed by atoms with Gasteiger partial charge in [-0.25, -0.2) is 4.79 Å². The average Bonchev–Trinajstić information content (AvgIpc) is 3.52. The van der Waals surface area contributed by atoms with E-state index in [9.17, 15) is 39.6 Å². The molecule has 0 bridgehead atoms. The molecule has 0 unspecified atom stereocenters. The number of nitrogens with one attached hydrogen (secondary N) is 2. The first kappa shape index (κ1) is 28.3. The fourth-order valence-electron chi connectivity index (χ4n) is 4.62. The number of fused-ring (bicyclic) bond motifs is 1. The second-order valence-corrected chi connectivity index (χ2v) is 9.33. The standard InChI is InChI=1S/C24H26N4O13/c25-20(34)19(18-10(7-29)16(32)22(40-18)28-4-3-15(31)27-24(28)36)41-23-17(33)11(30)6-14(39-23)21(35)26-9-1-2-12-13(5-9)38-8-37-12/h1-6,10-11,16-19,22-23,29-30,32-33H,7-8H2,(H2,25,34)(H,26,35)(H,27,31,36)/t10-,11-,16+,17-,18-,19+,22+,23+/m0/s1. The van der Waals surface area contributed by atoms with Gasteiger partial charge in [0.25, 0.3) is 11.5 Å². The minimum Gasteiger partial charge on any atom is -0.456 e. The highest BCUT2D eigenvalue weighted by Crippen LogP contribution is 2.37. The van der Waals surface area contributed by atoms with Crippen LogP contribution in [0.3, 0.4) is 0 Å². The van der Waals surface area contributed by atoms with E-state index in [0.717, 1.165) is 22.9 Å². The van der Waals surface area contributed by atoms with Crippen LogP contribution < -0.4 is 31.8 Å². The van der Waals surface area contributed by atoms with E-state index < -0.39 is 84.4 Å². The monoisotopic (exact) mass is 578 g/mol. The molecule has 3 aliphatic rings. The maximum atomic E-state index is 12.9. The van der Waals surface area contributed by atoms with E-state index in [2.05, 4.69) is 5.32 Å². The molecule has 220 valence electrons. The van der Waals surface area contributed by atoms with Crippen LogP contribution in [0.25, 0.3) is 0 Å².